The standard InChI is InChI=1S/C17H14ClF2NO2/c1-2-6-14(15-13(19)10-9-12(18)16(15)20)21(17(22)23)11-7-4-3-5-8-11/h2-5,7-10,14H,1,6H2,(H,22,23)/t14-/m0/s1. The fourth-order valence-electron chi connectivity index (χ4n) is 2.37. The Labute approximate surface area is 137 Å². The molecule has 1 N–H and O–H groups in total. The second-order valence-electron chi connectivity index (χ2n) is 4.79. The molecule has 0 saturated heterocycles. The van der Waals surface area contributed by atoms with Gasteiger partial charge in [-0.15, -0.1) is 6.58 Å². The Morgan fingerprint density at radius 1 is 1.26 bits per heavy atom. The summed E-state index contributed by atoms with van der Waals surface area (Å²) in [6.07, 6.45) is 0.0976. The van der Waals surface area contributed by atoms with E-state index in [2.05, 4.69) is 6.58 Å². The molecule has 6 heteroatoms. The summed E-state index contributed by atoms with van der Waals surface area (Å²) in [6.45, 7) is 3.55. The van der Waals surface area contributed by atoms with Gasteiger partial charge >= 0.3 is 6.09 Å². The van der Waals surface area contributed by atoms with E-state index in [-0.39, 0.29) is 11.4 Å². The van der Waals surface area contributed by atoms with Crippen LogP contribution in [0.4, 0.5) is 19.3 Å². The Bertz CT molecular complexity index is 722. The molecule has 0 heterocycles. The fourth-order valence-corrected chi connectivity index (χ4v) is 2.54. The average Bonchev–Trinajstić information content (AvgIpc) is 2.52. The lowest BCUT2D eigenvalue weighted by Crippen LogP contribution is -2.34. The summed E-state index contributed by atoms with van der Waals surface area (Å²) in [4.78, 5) is 12.6. The third-order valence-electron chi connectivity index (χ3n) is 3.35. The molecule has 0 spiro atoms. The zero-order valence-electron chi connectivity index (χ0n) is 12.0. The van der Waals surface area contributed by atoms with Gasteiger partial charge in [-0.1, -0.05) is 35.9 Å². The third-order valence-corrected chi connectivity index (χ3v) is 3.65. The molecule has 1 atom stereocenters. The molecule has 0 radical (unpaired) electrons. The SMILES string of the molecule is C=CC[C@@H](c1c(F)ccc(Cl)c1F)N(C(=O)O)c1ccccc1. The normalized spacial score (nSPS) is 11.8. The molecule has 0 fully saturated rings. The molecule has 2 aromatic carbocycles. The first kappa shape index (κ1) is 17.0. The maximum absolute atomic E-state index is 14.3. The predicted octanol–water partition coefficient (Wildman–Crippen LogP) is 5.42. The number of nitrogens with zero attached hydrogens (tertiary/aromatic N) is 1. The Morgan fingerprint density at radius 2 is 1.91 bits per heavy atom. The van der Waals surface area contributed by atoms with Gasteiger partial charge in [0.2, 0.25) is 0 Å². The van der Waals surface area contributed by atoms with Crippen molar-refractivity contribution >= 4 is 23.4 Å². The number of amides is 1. The van der Waals surface area contributed by atoms with Gasteiger partial charge in [-0.2, -0.15) is 0 Å². The summed E-state index contributed by atoms with van der Waals surface area (Å²) in [7, 11) is 0. The largest absolute Gasteiger partial charge is 0.465 e. The molecule has 0 aliphatic carbocycles. The molecule has 0 saturated carbocycles. The van der Waals surface area contributed by atoms with Crippen molar-refractivity contribution in [2.24, 2.45) is 0 Å². The molecule has 2 rings (SSSR count). The van der Waals surface area contributed by atoms with E-state index in [1.165, 1.54) is 6.08 Å². The smallest absolute Gasteiger partial charge is 0.412 e. The molecule has 1 amide bonds. The number of hydrogen-bond acceptors (Lipinski definition) is 1. The average molecular weight is 338 g/mol. The van der Waals surface area contributed by atoms with Gasteiger partial charge in [-0.3, -0.25) is 4.90 Å². The first-order chi connectivity index (χ1) is 11.0. The number of hydrogen-bond donors (Lipinski definition) is 1. The van der Waals surface area contributed by atoms with Crippen molar-refractivity contribution < 1.29 is 18.7 Å². The minimum atomic E-state index is -1.33. The minimum absolute atomic E-state index is 0.0232. The fraction of sp³-hybridized carbons (Fsp3) is 0.118. The van der Waals surface area contributed by atoms with E-state index < -0.39 is 29.3 Å². The van der Waals surface area contributed by atoms with Gasteiger partial charge in [0.15, 0.2) is 0 Å². The molecule has 120 valence electrons. The second-order valence-corrected chi connectivity index (χ2v) is 5.19. The summed E-state index contributed by atoms with van der Waals surface area (Å²) in [5, 5.41) is 9.28. The van der Waals surface area contributed by atoms with E-state index >= 15 is 0 Å². The van der Waals surface area contributed by atoms with Crippen LogP contribution in [0.1, 0.15) is 18.0 Å². The predicted molar refractivity (Wildman–Crippen MR) is 85.9 cm³/mol. The lowest BCUT2D eigenvalue weighted by molar-refractivity contribution is 0.198. The monoisotopic (exact) mass is 337 g/mol. The van der Waals surface area contributed by atoms with Crippen LogP contribution in [0.2, 0.25) is 5.02 Å². The zero-order valence-corrected chi connectivity index (χ0v) is 12.8. The van der Waals surface area contributed by atoms with E-state index in [0.717, 1.165) is 17.0 Å². The van der Waals surface area contributed by atoms with Gasteiger partial charge in [0.1, 0.15) is 11.6 Å². The summed E-state index contributed by atoms with van der Waals surface area (Å²) in [5.74, 6) is -1.83. The second kappa shape index (κ2) is 7.24. The molecule has 0 unspecified atom stereocenters. The molecule has 0 aliphatic rings. The van der Waals surface area contributed by atoms with E-state index in [9.17, 15) is 18.7 Å². The summed E-state index contributed by atoms with van der Waals surface area (Å²) >= 11 is 5.73. The van der Waals surface area contributed by atoms with Crippen LogP contribution in [-0.4, -0.2) is 11.2 Å². The Morgan fingerprint density at radius 3 is 2.48 bits per heavy atom. The lowest BCUT2D eigenvalue weighted by Gasteiger charge is -2.29. The highest BCUT2D eigenvalue weighted by Gasteiger charge is 2.31. The number of para-hydroxylation sites is 1. The van der Waals surface area contributed by atoms with E-state index in [1.807, 2.05) is 0 Å². The summed E-state index contributed by atoms with van der Waals surface area (Å²) in [5.41, 5.74) is -0.103. The van der Waals surface area contributed by atoms with Crippen LogP contribution < -0.4 is 4.90 Å². The zero-order chi connectivity index (χ0) is 17.0. The number of carboxylic acid groups (broad SMARTS) is 1. The highest BCUT2D eigenvalue weighted by Crippen LogP contribution is 2.35. The first-order valence-electron chi connectivity index (χ1n) is 6.78. The number of rotatable bonds is 5. The molecular weight excluding hydrogens is 324 g/mol. The van der Waals surface area contributed by atoms with Crippen LogP contribution >= 0.6 is 11.6 Å². The summed E-state index contributed by atoms with van der Waals surface area (Å²) < 4.78 is 28.5. The quantitative estimate of drug-likeness (QED) is 0.584. The van der Waals surface area contributed by atoms with Gasteiger partial charge in [0.25, 0.3) is 0 Å². The number of anilines is 1. The van der Waals surface area contributed by atoms with Crippen LogP contribution in [0, 0.1) is 11.6 Å². The van der Waals surface area contributed by atoms with Crippen LogP contribution in [-0.2, 0) is 0 Å². The molecule has 0 aromatic heterocycles. The van der Waals surface area contributed by atoms with Gasteiger partial charge in [0.05, 0.1) is 11.1 Å². The van der Waals surface area contributed by atoms with E-state index in [1.54, 1.807) is 30.3 Å². The third kappa shape index (κ3) is 3.51. The maximum atomic E-state index is 14.3. The Kier molecular flexibility index (Phi) is 5.34. The molecule has 0 bridgehead atoms. The molecule has 2 aromatic rings. The van der Waals surface area contributed by atoms with Gasteiger partial charge in [-0.05, 0) is 30.7 Å². The first-order valence-corrected chi connectivity index (χ1v) is 7.16. The summed E-state index contributed by atoms with van der Waals surface area (Å²) in [6, 6.07) is 9.07. The van der Waals surface area contributed by atoms with E-state index in [0.29, 0.717) is 5.69 Å². The Balaban J connectivity index is 2.63. The van der Waals surface area contributed by atoms with Crippen molar-refractivity contribution in [3.8, 4) is 0 Å². The molecule has 0 aliphatic heterocycles. The van der Waals surface area contributed by atoms with Gasteiger partial charge in [-0.25, -0.2) is 13.6 Å². The lowest BCUT2D eigenvalue weighted by atomic mass is 10.00. The molecule has 3 nitrogen and oxygen atoms in total. The van der Waals surface area contributed by atoms with Crippen molar-refractivity contribution in [3.63, 3.8) is 0 Å². The van der Waals surface area contributed by atoms with Crippen LogP contribution in [0.15, 0.2) is 55.1 Å². The van der Waals surface area contributed by atoms with Crippen molar-refractivity contribution in [1.29, 1.82) is 0 Å². The van der Waals surface area contributed by atoms with Crippen LogP contribution in [0.5, 0.6) is 0 Å². The highest BCUT2D eigenvalue weighted by molar-refractivity contribution is 6.30. The van der Waals surface area contributed by atoms with Gasteiger partial charge in [0, 0.05) is 11.3 Å². The number of benzene rings is 2. The van der Waals surface area contributed by atoms with Crippen molar-refractivity contribution in [2.45, 2.75) is 12.5 Å². The number of halogens is 3. The van der Waals surface area contributed by atoms with Crippen LogP contribution in [0.25, 0.3) is 0 Å². The van der Waals surface area contributed by atoms with Crippen molar-refractivity contribution in [1.82, 2.24) is 0 Å². The van der Waals surface area contributed by atoms with Crippen molar-refractivity contribution in [3.05, 3.63) is 77.3 Å². The molecule has 23 heavy (non-hydrogen) atoms. The van der Waals surface area contributed by atoms with Crippen molar-refractivity contribution in [2.75, 3.05) is 4.90 Å². The Hall–Kier alpha value is -2.40. The topological polar surface area (TPSA) is 40.5 Å². The minimum Gasteiger partial charge on any atom is -0.465 e. The van der Waals surface area contributed by atoms with Gasteiger partial charge < -0.3 is 5.11 Å². The highest BCUT2D eigenvalue weighted by atomic mass is 35.5. The van der Waals surface area contributed by atoms with Crippen LogP contribution in [0.3, 0.4) is 0 Å². The van der Waals surface area contributed by atoms with E-state index in [4.69, 9.17) is 11.6 Å². The molecular formula is C17H14ClF2NO2. The number of carbonyl (C=O) groups is 1. The maximum Gasteiger partial charge on any atom is 0.412 e.